The molecule has 1 saturated carbocycles. The molecular formula is C14H13ClN4O2S2. The molecule has 6 nitrogen and oxygen atoms in total. The molecule has 0 unspecified atom stereocenters. The Balaban J connectivity index is 1.54. The summed E-state index contributed by atoms with van der Waals surface area (Å²) in [4.78, 5) is 33.5. The Morgan fingerprint density at radius 1 is 1.48 bits per heavy atom. The first-order valence-corrected chi connectivity index (χ1v) is 9.41. The average molecular weight is 369 g/mol. The molecule has 2 fully saturated rings. The predicted molar refractivity (Wildman–Crippen MR) is 89.8 cm³/mol. The summed E-state index contributed by atoms with van der Waals surface area (Å²) in [5.74, 6) is 0.569. The van der Waals surface area contributed by atoms with E-state index in [-0.39, 0.29) is 30.8 Å². The number of hydrogen-bond acceptors (Lipinski definition) is 6. The molecule has 1 N–H and O–H groups in total. The van der Waals surface area contributed by atoms with Gasteiger partial charge in [-0.05, 0) is 18.8 Å². The summed E-state index contributed by atoms with van der Waals surface area (Å²) < 4.78 is 1.73. The van der Waals surface area contributed by atoms with Crippen molar-refractivity contribution in [1.29, 1.82) is 0 Å². The summed E-state index contributed by atoms with van der Waals surface area (Å²) in [7, 11) is 0. The Hall–Kier alpha value is -1.38. The van der Waals surface area contributed by atoms with Crippen molar-refractivity contribution in [1.82, 2.24) is 20.2 Å². The molecule has 3 heterocycles. The van der Waals surface area contributed by atoms with Crippen molar-refractivity contribution in [2.24, 2.45) is 0 Å². The maximum absolute atomic E-state index is 12.1. The number of nitrogens with zero attached hydrogens (tertiary/aromatic N) is 3. The Labute approximate surface area is 145 Å². The second-order valence-corrected chi connectivity index (χ2v) is 8.15. The van der Waals surface area contributed by atoms with E-state index in [0.717, 1.165) is 38.0 Å². The molecule has 4 rings (SSSR count). The van der Waals surface area contributed by atoms with Gasteiger partial charge in [-0.15, -0.1) is 11.3 Å². The highest BCUT2D eigenvalue weighted by atomic mass is 35.5. The van der Waals surface area contributed by atoms with E-state index in [1.807, 2.05) is 0 Å². The number of carbonyl (C=O) groups excluding carboxylic acids is 2. The predicted octanol–water partition coefficient (Wildman–Crippen LogP) is 2.23. The lowest BCUT2D eigenvalue weighted by Gasteiger charge is -2.12. The summed E-state index contributed by atoms with van der Waals surface area (Å²) in [6.45, 7) is 0.420. The van der Waals surface area contributed by atoms with Gasteiger partial charge in [0, 0.05) is 5.56 Å². The van der Waals surface area contributed by atoms with E-state index in [2.05, 4.69) is 15.3 Å². The Bertz CT molecular complexity index is 805. The number of aromatic nitrogens is 2. The van der Waals surface area contributed by atoms with Crippen molar-refractivity contribution in [2.75, 3.05) is 19.0 Å². The van der Waals surface area contributed by atoms with Crippen LogP contribution in [0.4, 0.5) is 0 Å². The molecular weight excluding hydrogens is 356 g/mol. The molecule has 1 aliphatic heterocycles. The van der Waals surface area contributed by atoms with Gasteiger partial charge in [0.25, 0.3) is 0 Å². The van der Waals surface area contributed by atoms with E-state index >= 15 is 0 Å². The molecule has 2 aromatic rings. The van der Waals surface area contributed by atoms with Crippen LogP contribution in [0.5, 0.6) is 0 Å². The number of nitrogens with one attached hydrogen (secondary N) is 1. The van der Waals surface area contributed by atoms with Crippen LogP contribution in [0.2, 0.25) is 4.34 Å². The summed E-state index contributed by atoms with van der Waals surface area (Å²) >= 11 is 9.23. The summed E-state index contributed by atoms with van der Waals surface area (Å²) in [5.41, 5.74) is 2.06. The lowest BCUT2D eigenvalue weighted by molar-refractivity contribution is -0.129. The van der Waals surface area contributed by atoms with Gasteiger partial charge in [0.1, 0.15) is 17.9 Å². The van der Waals surface area contributed by atoms with Crippen LogP contribution in [0.15, 0.2) is 11.4 Å². The zero-order valence-electron chi connectivity index (χ0n) is 12.0. The van der Waals surface area contributed by atoms with Crippen molar-refractivity contribution in [2.45, 2.75) is 23.8 Å². The maximum Gasteiger partial charge on any atom is 0.241 e. The molecule has 0 aromatic carbocycles. The van der Waals surface area contributed by atoms with Crippen molar-refractivity contribution < 1.29 is 9.59 Å². The Morgan fingerprint density at radius 2 is 2.30 bits per heavy atom. The lowest BCUT2D eigenvalue weighted by atomic mass is 10.2. The normalized spacial score (nSPS) is 17.8. The molecule has 0 radical (unpaired) electrons. The van der Waals surface area contributed by atoms with E-state index in [4.69, 9.17) is 11.6 Å². The van der Waals surface area contributed by atoms with Gasteiger partial charge in [-0.3, -0.25) is 9.59 Å². The van der Waals surface area contributed by atoms with E-state index < -0.39 is 0 Å². The van der Waals surface area contributed by atoms with Crippen LogP contribution in [0.1, 0.15) is 24.3 Å². The molecule has 9 heteroatoms. The van der Waals surface area contributed by atoms with Crippen LogP contribution in [-0.2, 0) is 9.59 Å². The largest absolute Gasteiger partial charge is 0.337 e. The Morgan fingerprint density at radius 3 is 3.00 bits per heavy atom. The molecule has 0 atom stereocenters. The summed E-state index contributed by atoms with van der Waals surface area (Å²) in [6.07, 6.45) is 3.85. The van der Waals surface area contributed by atoms with Crippen LogP contribution in [0, 0.1) is 0 Å². The van der Waals surface area contributed by atoms with Gasteiger partial charge in [0.15, 0.2) is 0 Å². The summed E-state index contributed by atoms with van der Waals surface area (Å²) in [6, 6.07) is 0. The van der Waals surface area contributed by atoms with Crippen LogP contribution >= 0.6 is 34.7 Å². The van der Waals surface area contributed by atoms with Crippen LogP contribution in [0.3, 0.4) is 0 Å². The molecule has 2 amide bonds. The minimum absolute atomic E-state index is 0.0785. The zero-order chi connectivity index (χ0) is 16.0. The third-order valence-corrected chi connectivity index (χ3v) is 6.43. The van der Waals surface area contributed by atoms with Gasteiger partial charge in [-0.1, -0.05) is 23.4 Å². The SMILES string of the molecule is O=C1CN(C(=O)CSc2ncnc3c(C4CC4)c(Cl)sc23)CN1. The highest BCUT2D eigenvalue weighted by Gasteiger charge is 2.31. The third kappa shape index (κ3) is 2.90. The molecule has 0 spiro atoms. The fourth-order valence-corrected chi connectivity index (χ4v) is 5.10. The van der Waals surface area contributed by atoms with Crippen LogP contribution in [0.25, 0.3) is 10.2 Å². The molecule has 2 aliphatic rings. The van der Waals surface area contributed by atoms with E-state index in [0.29, 0.717) is 5.92 Å². The van der Waals surface area contributed by atoms with Crippen molar-refractivity contribution in [3.8, 4) is 0 Å². The average Bonchev–Trinajstić information content (AvgIpc) is 3.17. The van der Waals surface area contributed by atoms with Gasteiger partial charge >= 0.3 is 0 Å². The lowest BCUT2D eigenvalue weighted by Crippen LogP contribution is -2.31. The molecule has 120 valence electrons. The minimum Gasteiger partial charge on any atom is -0.337 e. The van der Waals surface area contributed by atoms with Gasteiger partial charge in [0.05, 0.1) is 27.0 Å². The standard InChI is InChI=1S/C14H13ClN4O2S2/c15-13-10(7-1-2-7)11-12(23-13)14(17-5-16-11)22-4-9(21)19-3-8(20)18-6-19/h5,7H,1-4,6H2,(H,18,20). The third-order valence-electron chi connectivity index (χ3n) is 3.90. The van der Waals surface area contributed by atoms with Gasteiger partial charge in [0.2, 0.25) is 11.8 Å². The van der Waals surface area contributed by atoms with E-state index in [1.54, 1.807) is 0 Å². The van der Waals surface area contributed by atoms with E-state index in [9.17, 15) is 9.59 Å². The van der Waals surface area contributed by atoms with Crippen LogP contribution in [-0.4, -0.2) is 45.6 Å². The number of rotatable bonds is 4. The first-order valence-electron chi connectivity index (χ1n) is 7.23. The number of thioether (sulfide) groups is 1. The summed E-state index contributed by atoms with van der Waals surface area (Å²) in [5, 5.41) is 3.40. The van der Waals surface area contributed by atoms with Crippen LogP contribution < -0.4 is 5.32 Å². The van der Waals surface area contributed by atoms with Gasteiger partial charge in [-0.2, -0.15) is 0 Å². The zero-order valence-corrected chi connectivity index (χ0v) is 14.4. The topological polar surface area (TPSA) is 75.2 Å². The smallest absolute Gasteiger partial charge is 0.241 e. The van der Waals surface area contributed by atoms with Gasteiger partial charge in [-0.25, -0.2) is 9.97 Å². The highest BCUT2D eigenvalue weighted by molar-refractivity contribution is 8.00. The number of hydrogen-bond donors (Lipinski definition) is 1. The monoisotopic (exact) mass is 368 g/mol. The quantitative estimate of drug-likeness (QED) is 0.661. The highest BCUT2D eigenvalue weighted by Crippen LogP contribution is 2.50. The molecule has 23 heavy (non-hydrogen) atoms. The van der Waals surface area contributed by atoms with E-state index in [1.165, 1.54) is 34.3 Å². The molecule has 1 aliphatic carbocycles. The second-order valence-electron chi connectivity index (χ2n) is 5.56. The maximum atomic E-state index is 12.1. The number of fused-ring (bicyclic) bond motifs is 1. The Kier molecular flexibility index (Phi) is 3.90. The number of thiophene rings is 1. The second kappa shape index (κ2) is 5.92. The number of amides is 2. The molecule has 2 aromatic heterocycles. The van der Waals surface area contributed by atoms with Crippen molar-refractivity contribution in [3.05, 3.63) is 16.2 Å². The van der Waals surface area contributed by atoms with Crippen molar-refractivity contribution >= 4 is 56.7 Å². The first-order chi connectivity index (χ1) is 11.1. The molecule has 1 saturated heterocycles. The fraction of sp³-hybridized carbons (Fsp3) is 0.429. The first kappa shape index (κ1) is 15.2. The van der Waals surface area contributed by atoms with Gasteiger partial charge < -0.3 is 10.2 Å². The minimum atomic E-state index is -0.119. The number of halogens is 1. The molecule has 0 bridgehead atoms. The number of carbonyl (C=O) groups is 2. The van der Waals surface area contributed by atoms with Crippen molar-refractivity contribution in [3.63, 3.8) is 0 Å². The fourth-order valence-electron chi connectivity index (χ4n) is 2.57.